The molecule has 1 rings (SSSR count). The van der Waals surface area contributed by atoms with Gasteiger partial charge in [-0.15, -0.1) is 0 Å². The van der Waals surface area contributed by atoms with Crippen molar-refractivity contribution in [2.24, 2.45) is 5.41 Å². The normalized spacial score (nSPS) is 12.2. The van der Waals surface area contributed by atoms with E-state index in [2.05, 4.69) is 5.10 Å². The summed E-state index contributed by atoms with van der Waals surface area (Å²) in [6.07, 6.45) is 2.02. The van der Waals surface area contributed by atoms with Crippen LogP contribution in [0.15, 0.2) is 6.20 Å². The van der Waals surface area contributed by atoms with E-state index < -0.39 is 0 Å². The highest BCUT2D eigenvalue weighted by Crippen LogP contribution is 2.24. The highest BCUT2D eigenvalue weighted by atomic mass is 35.5. The Balaban J connectivity index is 2.87. The molecule has 0 aliphatic rings. The number of Topliss-reactive ketones (excluding diaryl/α,β-unsaturated/α-hetero) is 1. The Bertz CT molecular complexity index is 418. The van der Waals surface area contributed by atoms with Gasteiger partial charge in [0.2, 0.25) is 0 Å². The molecule has 0 atom stereocenters. The third-order valence-corrected chi connectivity index (χ3v) is 2.79. The molecule has 0 fully saturated rings. The lowest BCUT2D eigenvalue weighted by Gasteiger charge is -2.18. The van der Waals surface area contributed by atoms with Crippen molar-refractivity contribution >= 4 is 17.4 Å². The van der Waals surface area contributed by atoms with E-state index in [-0.39, 0.29) is 11.2 Å². The molecule has 0 saturated carbocycles. The first-order valence-corrected chi connectivity index (χ1v) is 6.48. The molecule has 4 nitrogen and oxygen atoms in total. The minimum absolute atomic E-state index is 0.0446. The van der Waals surface area contributed by atoms with Crippen LogP contribution < -0.4 is 0 Å². The Labute approximate surface area is 114 Å². The highest BCUT2D eigenvalue weighted by Gasteiger charge is 2.23. The van der Waals surface area contributed by atoms with Crippen LogP contribution in [0.4, 0.5) is 0 Å². The number of hydrogen-bond donors (Lipinski definition) is 0. The van der Waals surface area contributed by atoms with Crippen LogP contribution in [-0.2, 0) is 6.54 Å². The average Bonchev–Trinajstić information content (AvgIpc) is 2.53. The minimum Gasteiger partial charge on any atom is -0.308 e. The lowest BCUT2D eigenvalue weighted by Crippen LogP contribution is -2.23. The molecule has 0 N–H and O–H groups in total. The van der Waals surface area contributed by atoms with E-state index >= 15 is 0 Å². The Kier molecular flexibility index (Phi) is 4.93. The summed E-state index contributed by atoms with van der Waals surface area (Å²) in [7, 11) is 3.98. The maximum absolute atomic E-state index is 12.2. The molecule has 5 heteroatoms. The van der Waals surface area contributed by atoms with Gasteiger partial charge in [0, 0.05) is 13.0 Å². The molecule has 0 bridgehead atoms. The van der Waals surface area contributed by atoms with E-state index in [1.54, 1.807) is 10.9 Å². The molecule has 0 radical (unpaired) electrons. The molecular weight excluding hydrogens is 250 g/mol. The Morgan fingerprint density at radius 1 is 1.44 bits per heavy atom. The molecule has 0 spiro atoms. The predicted octanol–water partition coefficient (Wildman–Crippen LogP) is 2.72. The van der Waals surface area contributed by atoms with Crippen molar-refractivity contribution in [2.45, 2.75) is 33.7 Å². The maximum atomic E-state index is 12.2. The van der Waals surface area contributed by atoms with Gasteiger partial charge >= 0.3 is 0 Å². The second-order valence-electron chi connectivity index (χ2n) is 6.03. The summed E-state index contributed by atoms with van der Waals surface area (Å²) >= 11 is 6.07. The smallest absolute Gasteiger partial charge is 0.182 e. The fourth-order valence-electron chi connectivity index (χ4n) is 1.67. The van der Waals surface area contributed by atoms with E-state index in [0.717, 1.165) is 6.54 Å². The topological polar surface area (TPSA) is 38.1 Å². The molecule has 1 aromatic rings. The first-order valence-electron chi connectivity index (χ1n) is 6.10. The number of ketones is 1. The third-order valence-electron chi connectivity index (χ3n) is 2.51. The molecule has 18 heavy (non-hydrogen) atoms. The van der Waals surface area contributed by atoms with Crippen molar-refractivity contribution < 1.29 is 4.79 Å². The third kappa shape index (κ3) is 4.42. The van der Waals surface area contributed by atoms with Gasteiger partial charge in [-0.25, -0.2) is 0 Å². The number of carbonyl (C=O) groups is 1. The summed E-state index contributed by atoms with van der Waals surface area (Å²) in [5, 5.41) is 4.62. The SMILES string of the molecule is CN(C)CCn1ncc(Cl)c1C(=O)CC(C)(C)C. The van der Waals surface area contributed by atoms with E-state index in [1.807, 2.05) is 39.8 Å². The van der Waals surface area contributed by atoms with Crippen LogP contribution in [0.5, 0.6) is 0 Å². The summed E-state index contributed by atoms with van der Waals surface area (Å²) in [6, 6.07) is 0. The molecule has 1 heterocycles. The van der Waals surface area contributed by atoms with E-state index in [0.29, 0.717) is 23.7 Å². The highest BCUT2D eigenvalue weighted by molar-refractivity contribution is 6.33. The number of likely N-dealkylation sites (N-methyl/N-ethyl adjacent to an activating group) is 1. The number of rotatable bonds is 5. The number of carbonyl (C=O) groups excluding carboxylic acids is 1. The average molecular weight is 272 g/mol. The summed E-state index contributed by atoms with van der Waals surface area (Å²) < 4.78 is 1.70. The summed E-state index contributed by atoms with van der Waals surface area (Å²) in [4.78, 5) is 14.3. The molecular formula is C13H22ClN3O. The molecule has 0 aliphatic heterocycles. The molecule has 0 aliphatic carbocycles. The van der Waals surface area contributed by atoms with Crippen LogP contribution in [0.2, 0.25) is 5.02 Å². The second-order valence-corrected chi connectivity index (χ2v) is 6.44. The van der Waals surface area contributed by atoms with Crippen LogP contribution in [0.3, 0.4) is 0 Å². The second kappa shape index (κ2) is 5.85. The van der Waals surface area contributed by atoms with Gasteiger partial charge in [-0.05, 0) is 19.5 Å². The van der Waals surface area contributed by atoms with Crippen molar-refractivity contribution in [3.63, 3.8) is 0 Å². The van der Waals surface area contributed by atoms with Crippen molar-refractivity contribution in [3.8, 4) is 0 Å². The van der Waals surface area contributed by atoms with Crippen LogP contribution in [0.1, 0.15) is 37.7 Å². The zero-order valence-corrected chi connectivity index (χ0v) is 12.6. The fraction of sp³-hybridized carbons (Fsp3) is 0.692. The summed E-state index contributed by atoms with van der Waals surface area (Å²) in [6.45, 7) is 7.62. The zero-order chi connectivity index (χ0) is 13.9. The van der Waals surface area contributed by atoms with Crippen molar-refractivity contribution in [1.29, 1.82) is 0 Å². The first-order chi connectivity index (χ1) is 8.20. The van der Waals surface area contributed by atoms with Crippen molar-refractivity contribution in [2.75, 3.05) is 20.6 Å². The molecule has 0 amide bonds. The summed E-state index contributed by atoms with van der Waals surface area (Å²) in [5.74, 6) is 0.0590. The van der Waals surface area contributed by atoms with E-state index in [4.69, 9.17) is 11.6 Å². The van der Waals surface area contributed by atoms with Crippen molar-refractivity contribution in [1.82, 2.24) is 14.7 Å². The van der Waals surface area contributed by atoms with Gasteiger partial charge in [0.25, 0.3) is 0 Å². The molecule has 102 valence electrons. The van der Waals surface area contributed by atoms with Crippen LogP contribution >= 0.6 is 11.6 Å². The molecule has 1 aromatic heterocycles. The maximum Gasteiger partial charge on any atom is 0.182 e. The lowest BCUT2D eigenvalue weighted by atomic mass is 9.89. The standard InChI is InChI=1S/C13H22ClN3O/c1-13(2,3)8-11(18)12-10(14)9-15-17(12)7-6-16(4)5/h9H,6-8H2,1-5H3. The van der Waals surface area contributed by atoms with Gasteiger partial charge in [0.1, 0.15) is 5.69 Å². The number of halogens is 1. The molecule has 0 saturated heterocycles. The van der Waals surface area contributed by atoms with Gasteiger partial charge in [-0.1, -0.05) is 32.4 Å². The van der Waals surface area contributed by atoms with Gasteiger partial charge in [-0.3, -0.25) is 9.48 Å². The number of nitrogens with zero attached hydrogens (tertiary/aromatic N) is 3. The van der Waals surface area contributed by atoms with E-state index in [9.17, 15) is 4.79 Å². The van der Waals surface area contributed by atoms with Gasteiger partial charge < -0.3 is 4.90 Å². The predicted molar refractivity (Wildman–Crippen MR) is 74.2 cm³/mol. The molecule has 0 aromatic carbocycles. The number of aromatic nitrogens is 2. The first kappa shape index (κ1) is 15.2. The van der Waals surface area contributed by atoms with Gasteiger partial charge in [0.05, 0.1) is 17.8 Å². The monoisotopic (exact) mass is 271 g/mol. The largest absolute Gasteiger partial charge is 0.308 e. The zero-order valence-electron chi connectivity index (χ0n) is 11.8. The minimum atomic E-state index is -0.0446. The number of hydrogen-bond acceptors (Lipinski definition) is 3. The van der Waals surface area contributed by atoms with Gasteiger partial charge in [-0.2, -0.15) is 5.10 Å². The van der Waals surface area contributed by atoms with Crippen LogP contribution in [0, 0.1) is 5.41 Å². The molecule has 0 unspecified atom stereocenters. The lowest BCUT2D eigenvalue weighted by molar-refractivity contribution is 0.0928. The van der Waals surface area contributed by atoms with Crippen LogP contribution in [-0.4, -0.2) is 41.1 Å². The Morgan fingerprint density at radius 3 is 2.56 bits per heavy atom. The van der Waals surface area contributed by atoms with E-state index in [1.165, 1.54) is 0 Å². The quantitative estimate of drug-likeness (QED) is 0.773. The van der Waals surface area contributed by atoms with Crippen LogP contribution in [0.25, 0.3) is 0 Å². The Morgan fingerprint density at radius 2 is 2.06 bits per heavy atom. The van der Waals surface area contributed by atoms with Crippen molar-refractivity contribution in [3.05, 3.63) is 16.9 Å². The van der Waals surface area contributed by atoms with Gasteiger partial charge in [0.15, 0.2) is 5.78 Å². The fourth-order valence-corrected chi connectivity index (χ4v) is 1.92. The summed E-state index contributed by atoms with van der Waals surface area (Å²) in [5.41, 5.74) is 0.491. The Hall–Kier alpha value is -0.870.